The number of benzene rings is 2. The second kappa shape index (κ2) is 20.9. The summed E-state index contributed by atoms with van der Waals surface area (Å²) in [5.41, 5.74) is 2.88. The van der Waals surface area contributed by atoms with Gasteiger partial charge in [-0.05, 0) is 60.8 Å². The monoisotopic (exact) mass is 990 g/mol. The first-order chi connectivity index (χ1) is 34.9. The van der Waals surface area contributed by atoms with Crippen LogP contribution in [0.5, 0.6) is 11.8 Å². The first kappa shape index (κ1) is 47.9. The lowest BCUT2D eigenvalue weighted by atomic mass is 10.0. The van der Waals surface area contributed by atoms with Crippen LogP contribution in [-0.4, -0.2) is 124 Å². The molecule has 4 aromatic heterocycles. The van der Waals surface area contributed by atoms with E-state index in [0.29, 0.717) is 22.3 Å². The number of nitrogens with zero attached hydrogens (tertiary/aromatic N) is 10. The first-order valence-corrected chi connectivity index (χ1v) is 23.9. The number of hydrogen-bond donors (Lipinski definition) is 2. The molecule has 374 valence electrons. The fourth-order valence-electron chi connectivity index (χ4n) is 9.28. The fourth-order valence-corrected chi connectivity index (χ4v) is 9.28. The van der Waals surface area contributed by atoms with Crippen LogP contribution in [0.25, 0.3) is 0 Å². The van der Waals surface area contributed by atoms with Gasteiger partial charge in [0.15, 0.2) is 0 Å². The van der Waals surface area contributed by atoms with E-state index in [2.05, 4.69) is 41.2 Å². The van der Waals surface area contributed by atoms with Gasteiger partial charge < -0.3 is 29.9 Å². The van der Waals surface area contributed by atoms with E-state index in [4.69, 9.17) is 9.47 Å². The van der Waals surface area contributed by atoms with Gasteiger partial charge in [-0.25, -0.2) is 28.1 Å². The zero-order valence-electron chi connectivity index (χ0n) is 38.8. The lowest BCUT2D eigenvalue weighted by Gasteiger charge is -2.26. The molecule has 2 saturated heterocycles. The van der Waals surface area contributed by atoms with Crippen molar-refractivity contribution in [1.82, 2.24) is 60.4 Å². The normalized spacial score (nSPS) is 20.5. The van der Waals surface area contributed by atoms with E-state index in [9.17, 15) is 28.0 Å². The summed E-state index contributed by atoms with van der Waals surface area (Å²) in [5.74, 6) is -3.25. The van der Waals surface area contributed by atoms with E-state index in [1.54, 1.807) is 84.9 Å². The van der Waals surface area contributed by atoms with Crippen molar-refractivity contribution in [3.8, 4) is 11.8 Å². The summed E-state index contributed by atoms with van der Waals surface area (Å²) >= 11 is 0. The van der Waals surface area contributed by atoms with Crippen molar-refractivity contribution in [2.45, 2.75) is 100.0 Å². The topological polar surface area (TPSA) is 204 Å². The molecule has 2 aromatic carbocycles. The molecular formula is C50H50F4N12O6. The smallest absolute Gasteiger partial charge is 0.253 e. The van der Waals surface area contributed by atoms with Gasteiger partial charge in [0.05, 0.1) is 49.0 Å². The maximum absolute atomic E-state index is 15.1. The van der Waals surface area contributed by atoms with Gasteiger partial charge in [-0.2, -0.15) is 8.78 Å². The van der Waals surface area contributed by atoms with Crippen molar-refractivity contribution in [3.63, 3.8) is 0 Å². The Morgan fingerprint density at radius 3 is 1.36 bits per heavy atom. The third-order valence-corrected chi connectivity index (χ3v) is 13.2. The number of rotatable bonds is 19. The average molecular weight is 991 g/mol. The summed E-state index contributed by atoms with van der Waals surface area (Å²) in [6.45, 7) is -1.49. The van der Waals surface area contributed by atoms with Crippen molar-refractivity contribution in [1.29, 1.82) is 0 Å². The number of carbonyl (C=O) groups excluding carboxylic acids is 4. The molecule has 0 radical (unpaired) electrons. The van der Waals surface area contributed by atoms with Gasteiger partial charge in [-0.1, -0.05) is 93.4 Å². The van der Waals surface area contributed by atoms with Crippen LogP contribution in [0.4, 0.5) is 17.6 Å². The van der Waals surface area contributed by atoms with Gasteiger partial charge in [0, 0.05) is 24.0 Å². The van der Waals surface area contributed by atoms with E-state index in [0.717, 1.165) is 35.5 Å². The third-order valence-electron chi connectivity index (χ3n) is 13.2. The SMILES string of the molecule is O=C(N[C@@H](c1ccccc1)c1ccc(C2CC2)c(F)n1)[C@@H]1C[C@@H](F)CN1C(=O)Cn1cc(OCCOc2cn(CC(=O)N3C[C@H](F)C[C@H]3C(=O)N[C@@H](c3ccccc3)c3ccc(C4CC4)c(F)n3)nn2)nn1. The minimum Gasteiger partial charge on any atom is -0.472 e. The number of amides is 4. The first-order valence-electron chi connectivity index (χ1n) is 23.9. The maximum atomic E-state index is 15.1. The summed E-state index contributed by atoms with van der Waals surface area (Å²) in [6.07, 6.45) is 2.89. The van der Waals surface area contributed by atoms with Gasteiger partial charge in [-0.15, -0.1) is 0 Å². The second-order valence-corrected chi connectivity index (χ2v) is 18.5. The lowest BCUT2D eigenvalue weighted by molar-refractivity contribution is -0.139. The second-order valence-electron chi connectivity index (χ2n) is 18.5. The van der Waals surface area contributed by atoms with Crippen molar-refractivity contribution < 1.29 is 46.2 Å². The maximum Gasteiger partial charge on any atom is 0.253 e. The number of ether oxygens (including phenoxy) is 2. The number of aromatic nitrogens is 8. The van der Waals surface area contributed by atoms with E-state index >= 15 is 8.78 Å². The molecule has 0 bridgehead atoms. The highest BCUT2D eigenvalue weighted by molar-refractivity contribution is 5.89. The number of halogens is 4. The number of alkyl halides is 2. The zero-order chi connectivity index (χ0) is 49.9. The molecule has 4 aliphatic rings. The van der Waals surface area contributed by atoms with E-state index in [1.807, 2.05) is 0 Å². The average Bonchev–Trinajstić information content (AvgIpc) is 4.22. The summed E-state index contributed by atoms with van der Waals surface area (Å²) in [6, 6.07) is 20.5. The van der Waals surface area contributed by atoms with E-state index in [-0.39, 0.29) is 87.2 Å². The molecule has 18 nitrogen and oxygen atoms in total. The van der Waals surface area contributed by atoms with Gasteiger partial charge in [0.1, 0.15) is 50.7 Å². The molecule has 2 aliphatic heterocycles. The standard InChI is InChI=1S/C50H50F4N12O6/c51-33-21-39(49(69)57-45(31-7-3-1-4-8-31)37-17-15-35(29-11-12-29)47(53)55-37)65(23-33)43(67)27-63-25-41(59-61-63)71-19-20-72-42-26-64(62-60-42)28-44(68)66-24-34(52)22-40(66)50(70)58-46(32-9-5-2-6-10-32)38-18-16-36(30-13-14-30)48(54)56-38/h1-10,15-18,25-26,29-30,33-34,39-40,45-46H,11-14,19-24,27-28H2,(H,57,69)(H,58,70)/t33-,34-,39+,40+,45+,46+/m1/s1. The highest BCUT2D eigenvalue weighted by atomic mass is 19.1. The Balaban J connectivity index is 0.697. The Morgan fingerprint density at radius 2 is 0.986 bits per heavy atom. The number of hydrogen-bond acceptors (Lipinski definition) is 12. The third kappa shape index (κ3) is 11.1. The Morgan fingerprint density at radius 1 is 0.583 bits per heavy atom. The molecule has 6 atom stereocenters. The van der Waals surface area contributed by atoms with Crippen molar-refractivity contribution in [2.24, 2.45) is 0 Å². The van der Waals surface area contributed by atoms with Crippen LogP contribution in [-0.2, 0) is 32.3 Å². The Kier molecular flexibility index (Phi) is 13.9. The number of pyridine rings is 2. The van der Waals surface area contributed by atoms with Crippen LogP contribution in [0.3, 0.4) is 0 Å². The molecule has 22 heteroatoms. The predicted molar refractivity (Wildman–Crippen MR) is 246 cm³/mol. The highest BCUT2D eigenvalue weighted by Crippen LogP contribution is 2.42. The van der Waals surface area contributed by atoms with Gasteiger partial charge in [0.2, 0.25) is 35.5 Å². The highest BCUT2D eigenvalue weighted by Gasteiger charge is 2.43. The van der Waals surface area contributed by atoms with Crippen LogP contribution in [0.15, 0.2) is 97.3 Å². The fraction of sp³-hybridized carbons (Fsp3) is 0.400. The molecule has 72 heavy (non-hydrogen) atoms. The number of likely N-dealkylation sites (tertiary alicyclic amines) is 2. The van der Waals surface area contributed by atoms with Crippen LogP contribution >= 0.6 is 0 Å². The Hall–Kier alpha value is -7.78. The molecule has 2 N–H and O–H groups in total. The predicted octanol–water partition coefficient (Wildman–Crippen LogP) is 4.84. The zero-order valence-corrected chi connectivity index (χ0v) is 38.8. The number of carbonyl (C=O) groups is 4. The molecule has 6 aromatic rings. The minimum absolute atomic E-state index is 0.0400. The molecule has 10 rings (SSSR count). The van der Waals surface area contributed by atoms with Crippen molar-refractivity contribution in [2.75, 3.05) is 26.3 Å². The van der Waals surface area contributed by atoms with E-state index in [1.165, 1.54) is 21.8 Å². The Labute approximate surface area is 410 Å². The van der Waals surface area contributed by atoms with Crippen LogP contribution < -0.4 is 20.1 Å². The molecular weight excluding hydrogens is 941 g/mol. The van der Waals surface area contributed by atoms with Gasteiger partial charge in [0.25, 0.3) is 11.8 Å². The summed E-state index contributed by atoms with van der Waals surface area (Å²) in [5, 5.41) is 21.5. The van der Waals surface area contributed by atoms with Gasteiger partial charge in [-0.3, -0.25) is 19.2 Å². The summed E-state index contributed by atoms with van der Waals surface area (Å²) < 4.78 is 73.6. The molecule has 0 unspecified atom stereocenters. The molecule has 2 aliphatic carbocycles. The van der Waals surface area contributed by atoms with Crippen molar-refractivity contribution >= 4 is 23.6 Å². The molecule has 4 amide bonds. The molecule has 2 saturated carbocycles. The quantitative estimate of drug-likeness (QED) is 0.0636. The molecule has 0 spiro atoms. The Bertz CT molecular complexity index is 2730. The number of nitrogens with one attached hydrogen (secondary N) is 2. The minimum atomic E-state index is -1.46. The lowest BCUT2D eigenvalue weighted by Crippen LogP contribution is -2.48. The molecule has 6 heterocycles. The summed E-state index contributed by atoms with van der Waals surface area (Å²) in [7, 11) is 0. The van der Waals surface area contributed by atoms with Crippen LogP contribution in [0.2, 0.25) is 0 Å². The largest absolute Gasteiger partial charge is 0.472 e. The van der Waals surface area contributed by atoms with Gasteiger partial charge >= 0.3 is 0 Å². The molecule has 4 fully saturated rings. The van der Waals surface area contributed by atoms with E-state index < -0.39 is 72.0 Å². The summed E-state index contributed by atoms with van der Waals surface area (Å²) in [4.78, 5) is 65.4. The van der Waals surface area contributed by atoms with Crippen LogP contribution in [0.1, 0.15) is 96.1 Å². The van der Waals surface area contributed by atoms with Crippen LogP contribution in [0, 0.1) is 11.9 Å². The van der Waals surface area contributed by atoms with Crippen molar-refractivity contribution in [3.05, 3.63) is 143 Å².